The molecule has 0 saturated carbocycles. The van der Waals surface area contributed by atoms with Gasteiger partial charge in [-0.25, -0.2) is 4.98 Å². The molecule has 3 nitrogen and oxygen atoms in total. The molecule has 0 saturated heterocycles. The summed E-state index contributed by atoms with van der Waals surface area (Å²) in [5.74, 6) is 1.03. The minimum Gasteiger partial charge on any atom is -0.341 e. The van der Waals surface area contributed by atoms with Crippen LogP contribution in [0.5, 0.6) is 0 Å². The van der Waals surface area contributed by atoms with E-state index < -0.39 is 0 Å². The molecule has 0 unspecified atom stereocenters. The van der Waals surface area contributed by atoms with Crippen LogP contribution >= 0.6 is 0 Å². The van der Waals surface area contributed by atoms with E-state index in [1.807, 2.05) is 19.3 Å². The molecule has 0 aliphatic rings. The van der Waals surface area contributed by atoms with E-state index >= 15 is 0 Å². The molecule has 0 spiro atoms. The minimum absolute atomic E-state index is 0.939. The zero-order valence-corrected chi connectivity index (χ0v) is 7.26. The van der Waals surface area contributed by atoms with Gasteiger partial charge in [-0.2, -0.15) is 0 Å². The Bertz CT molecular complexity index is 403. The third-order valence-corrected chi connectivity index (χ3v) is 1.96. The number of rotatable bonds is 1. The van der Waals surface area contributed by atoms with Crippen molar-refractivity contribution < 1.29 is 0 Å². The van der Waals surface area contributed by atoms with Crippen molar-refractivity contribution >= 4 is 11.0 Å². The first-order valence-electron chi connectivity index (χ1n) is 4.10. The Morgan fingerprint density at radius 3 is 2.92 bits per heavy atom. The number of nitrogens with zero attached hydrogens (tertiary/aromatic N) is 2. The Hall–Kier alpha value is -1.38. The van der Waals surface area contributed by atoms with E-state index in [9.17, 15) is 0 Å². The van der Waals surface area contributed by atoms with E-state index in [2.05, 4.69) is 21.9 Å². The van der Waals surface area contributed by atoms with Crippen LogP contribution in [0.1, 0.15) is 18.3 Å². The number of nitrogens with one attached hydrogen (secondary N) is 1. The van der Waals surface area contributed by atoms with Gasteiger partial charge in [0.1, 0.15) is 5.82 Å². The highest BCUT2D eigenvalue weighted by atomic mass is 14.9. The number of hydrogen-bond donors (Lipinski definition) is 1. The van der Waals surface area contributed by atoms with Gasteiger partial charge in [0.2, 0.25) is 0 Å². The molecule has 2 aromatic heterocycles. The van der Waals surface area contributed by atoms with Crippen LogP contribution in [0.4, 0.5) is 0 Å². The highest BCUT2D eigenvalue weighted by Gasteiger charge is 2.02. The summed E-state index contributed by atoms with van der Waals surface area (Å²) >= 11 is 0. The fourth-order valence-corrected chi connectivity index (χ4v) is 1.28. The summed E-state index contributed by atoms with van der Waals surface area (Å²) in [6, 6.07) is 0. The highest BCUT2D eigenvalue weighted by Crippen LogP contribution is 2.13. The number of aromatic amines is 1. The smallest absolute Gasteiger partial charge is 0.107 e. The van der Waals surface area contributed by atoms with E-state index in [1.165, 1.54) is 0 Å². The molecule has 0 aliphatic heterocycles. The summed E-state index contributed by atoms with van der Waals surface area (Å²) < 4.78 is 0. The zero-order chi connectivity index (χ0) is 8.55. The molecule has 0 aromatic carbocycles. The lowest BCUT2D eigenvalue weighted by Crippen LogP contribution is -1.80. The lowest BCUT2D eigenvalue weighted by atomic mass is 10.3. The van der Waals surface area contributed by atoms with Gasteiger partial charge < -0.3 is 4.98 Å². The van der Waals surface area contributed by atoms with Gasteiger partial charge in [-0.15, -0.1) is 0 Å². The predicted octanol–water partition coefficient (Wildman–Crippen LogP) is 1.83. The summed E-state index contributed by atoms with van der Waals surface area (Å²) in [7, 11) is 0. The Balaban J connectivity index is 2.74. The van der Waals surface area contributed by atoms with Crippen molar-refractivity contribution in [3.8, 4) is 0 Å². The molecule has 0 bridgehead atoms. The van der Waals surface area contributed by atoms with Gasteiger partial charge in [0, 0.05) is 12.6 Å². The maximum Gasteiger partial charge on any atom is 0.107 e. The fourth-order valence-electron chi connectivity index (χ4n) is 1.28. The van der Waals surface area contributed by atoms with E-state index in [0.717, 1.165) is 28.8 Å². The molecule has 0 aliphatic carbocycles. The second-order valence-electron chi connectivity index (χ2n) is 2.89. The van der Waals surface area contributed by atoms with Gasteiger partial charge in [-0.1, -0.05) is 6.92 Å². The normalized spacial score (nSPS) is 10.8. The van der Waals surface area contributed by atoms with E-state index in [-0.39, 0.29) is 0 Å². The molecule has 2 heterocycles. The van der Waals surface area contributed by atoms with Crippen molar-refractivity contribution in [1.82, 2.24) is 15.0 Å². The number of imidazole rings is 1. The van der Waals surface area contributed by atoms with E-state index in [4.69, 9.17) is 0 Å². The number of aromatic nitrogens is 3. The summed E-state index contributed by atoms with van der Waals surface area (Å²) in [4.78, 5) is 11.7. The quantitative estimate of drug-likeness (QED) is 0.693. The van der Waals surface area contributed by atoms with Crippen LogP contribution in [0.25, 0.3) is 11.0 Å². The fraction of sp³-hybridized carbons (Fsp3) is 0.333. The summed E-state index contributed by atoms with van der Waals surface area (Å²) in [6.07, 6.45) is 4.59. The molecule has 2 rings (SSSR count). The van der Waals surface area contributed by atoms with Crippen molar-refractivity contribution in [3.05, 3.63) is 23.8 Å². The Labute approximate surface area is 70.9 Å². The van der Waals surface area contributed by atoms with Crippen LogP contribution in [0.3, 0.4) is 0 Å². The Morgan fingerprint density at radius 1 is 1.42 bits per heavy atom. The number of fused-ring (bicyclic) bond motifs is 1. The first-order chi connectivity index (χ1) is 5.81. The highest BCUT2D eigenvalue weighted by molar-refractivity contribution is 5.77. The third-order valence-electron chi connectivity index (χ3n) is 1.96. The van der Waals surface area contributed by atoms with Gasteiger partial charge in [-0.3, -0.25) is 4.98 Å². The number of pyridine rings is 1. The van der Waals surface area contributed by atoms with Crippen LogP contribution < -0.4 is 0 Å². The largest absolute Gasteiger partial charge is 0.341 e. The van der Waals surface area contributed by atoms with Crippen molar-refractivity contribution in [3.63, 3.8) is 0 Å². The topological polar surface area (TPSA) is 41.6 Å². The average Bonchev–Trinajstić information content (AvgIpc) is 2.49. The first-order valence-corrected chi connectivity index (χ1v) is 4.10. The van der Waals surface area contributed by atoms with Crippen LogP contribution in [0.2, 0.25) is 0 Å². The SMILES string of the molecule is CCc1nc2c(C)cncc2[nH]1. The van der Waals surface area contributed by atoms with Crippen molar-refractivity contribution in [2.75, 3.05) is 0 Å². The standard InChI is InChI=1S/C9H11N3/c1-3-8-11-7-5-10-4-6(2)9(7)12-8/h4-5H,3H2,1-2H3,(H,11,12). The van der Waals surface area contributed by atoms with Gasteiger partial charge in [0.15, 0.2) is 0 Å². The molecule has 3 heteroatoms. The maximum atomic E-state index is 4.44. The van der Waals surface area contributed by atoms with Crippen LogP contribution in [0.15, 0.2) is 12.4 Å². The van der Waals surface area contributed by atoms with Gasteiger partial charge in [0.05, 0.1) is 17.2 Å². The number of hydrogen-bond acceptors (Lipinski definition) is 2. The van der Waals surface area contributed by atoms with Crippen LogP contribution in [-0.2, 0) is 6.42 Å². The van der Waals surface area contributed by atoms with Gasteiger partial charge >= 0.3 is 0 Å². The van der Waals surface area contributed by atoms with Crippen molar-refractivity contribution in [1.29, 1.82) is 0 Å². The van der Waals surface area contributed by atoms with Crippen molar-refractivity contribution in [2.24, 2.45) is 0 Å². The minimum atomic E-state index is 0.939. The second-order valence-corrected chi connectivity index (χ2v) is 2.89. The van der Waals surface area contributed by atoms with E-state index in [1.54, 1.807) is 0 Å². The van der Waals surface area contributed by atoms with Gasteiger partial charge in [-0.05, 0) is 12.5 Å². The molecule has 0 atom stereocenters. The first kappa shape index (κ1) is 7.28. The average molecular weight is 161 g/mol. The lowest BCUT2D eigenvalue weighted by Gasteiger charge is -1.89. The molecule has 62 valence electrons. The molecular formula is C9H11N3. The molecule has 1 N–H and O–H groups in total. The van der Waals surface area contributed by atoms with Crippen molar-refractivity contribution in [2.45, 2.75) is 20.3 Å². The zero-order valence-electron chi connectivity index (χ0n) is 7.26. The molecule has 0 amide bonds. The second kappa shape index (κ2) is 2.59. The molecule has 12 heavy (non-hydrogen) atoms. The lowest BCUT2D eigenvalue weighted by molar-refractivity contribution is 1.000. The monoisotopic (exact) mass is 161 g/mol. The maximum absolute atomic E-state index is 4.44. The Kier molecular flexibility index (Phi) is 1.57. The molecule has 2 aromatic rings. The molecule has 0 radical (unpaired) electrons. The summed E-state index contributed by atoms with van der Waals surface area (Å²) in [5.41, 5.74) is 3.21. The number of H-pyrrole nitrogens is 1. The number of aryl methyl sites for hydroxylation is 2. The molecular weight excluding hydrogens is 150 g/mol. The summed E-state index contributed by atoms with van der Waals surface area (Å²) in [6.45, 7) is 4.11. The molecule has 0 fully saturated rings. The van der Waals surface area contributed by atoms with Gasteiger partial charge in [0.25, 0.3) is 0 Å². The van der Waals surface area contributed by atoms with Crippen LogP contribution in [-0.4, -0.2) is 15.0 Å². The third kappa shape index (κ3) is 0.978. The van der Waals surface area contributed by atoms with Crippen LogP contribution in [0, 0.1) is 6.92 Å². The Morgan fingerprint density at radius 2 is 2.25 bits per heavy atom. The summed E-state index contributed by atoms with van der Waals surface area (Å²) in [5, 5.41) is 0. The van der Waals surface area contributed by atoms with E-state index in [0.29, 0.717) is 0 Å². The predicted molar refractivity (Wildman–Crippen MR) is 48.0 cm³/mol.